The van der Waals surface area contributed by atoms with Crippen molar-refractivity contribution >= 4 is 0 Å². The maximum absolute atomic E-state index is 3.82. The molecule has 0 radical (unpaired) electrons. The fraction of sp³-hybridized carbons (Fsp3) is 0.941. The van der Waals surface area contributed by atoms with Gasteiger partial charge in [0, 0.05) is 0 Å². The third-order valence-electron chi connectivity index (χ3n) is 7.65. The molecule has 0 saturated carbocycles. The number of unbranched alkanes of at least 4 members (excludes halogenated alkanes) is 22. The molecule has 4 heteroatoms. The Labute approximate surface area is 264 Å². The van der Waals surface area contributed by atoms with Crippen LogP contribution in [0.15, 0.2) is 12.7 Å². The molecule has 38 heavy (non-hydrogen) atoms. The smallest absolute Gasteiger partial charge is 0.0953 e. The van der Waals surface area contributed by atoms with Gasteiger partial charge in [0.1, 0.15) is 0 Å². The van der Waals surface area contributed by atoms with Gasteiger partial charge < -0.3 is 43.3 Å². The summed E-state index contributed by atoms with van der Waals surface area (Å²) < 4.78 is 1.07. The molecule has 0 aliphatic carbocycles. The first-order valence-corrected chi connectivity index (χ1v) is 16.6. The number of nitrogens with zero attached hydrogens (tertiary/aromatic N) is 1. The minimum atomic E-state index is 0. The number of likely N-dealkylation sites (N-methyl/N-ethyl adjacent to an activating group) is 1. The van der Waals surface area contributed by atoms with E-state index in [2.05, 4.69) is 48.6 Å². The SMILES string of the molecule is C=CC[NH+](C)CCCCCCCCCCCCCCCCCCCCCCCCC.CC[N+](C)(C)C.[Br-].[Br-]. The lowest BCUT2D eigenvalue weighted by Gasteiger charge is -2.20. The zero-order chi connectivity index (χ0) is 27.2. The van der Waals surface area contributed by atoms with Gasteiger partial charge in [-0.05, 0) is 25.8 Å². The van der Waals surface area contributed by atoms with E-state index >= 15 is 0 Å². The van der Waals surface area contributed by atoms with Gasteiger partial charge >= 0.3 is 0 Å². The molecule has 0 rings (SSSR count). The van der Waals surface area contributed by atoms with Crippen LogP contribution in [0.3, 0.4) is 0 Å². The van der Waals surface area contributed by atoms with E-state index in [9.17, 15) is 0 Å². The summed E-state index contributed by atoms with van der Waals surface area (Å²) in [6.45, 7) is 11.9. The van der Waals surface area contributed by atoms with Crippen LogP contribution < -0.4 is 38.9 Å². The highest BCUT2D eigenvalue weighted by atomic mass is 79.9. The van der Waals surface area contributed by atoms with Crippen LogP contribution in [0.1, 0.15) is 162 Å². The molecule has 0 aromatic carbocycles. The Balaban J connectivity index is -0.000000643. The van der Waals surface area contributed by atoms with E-state index in [1.807, 2.05) is 6.08 Å². The van der Waals surface area contributed by atoms with Crippen molar-refractivity contribution in [3.05, 3.63) is 12.7 Å². The fourth-order valence-corrected chi connectivity index (χ4v) is 4.56. The average Bonchev–Trinajstić information content (AvgIpc) is 2.84. The van der Waals surface area contributed by atoms with Crippen molar-refractivity contribution < 1.29 is 43.3 Å². The van der Waals surface area contributed by atoms with Crippen molar-refractivity contribution in [2.75, 3.05) is 47.8 Å². The van der Waals surface area contributed by atoms with Gasteiger partial charge in [0.05, 0.1) is 47.8 Å². The molecule has 0 aromatic heterocycles. The van der Waals surface area contributed by atoms with Gasteiger partial charge in [0.25, 0.3) is 0 Å². The molecule has 0 fully saturated rings. The van der Waals surface area contributed by atoms with Gasteiger partial charge in [-0.1, -0.05) is 148 Å². The molecule has 1 N–H and O–H groups in total. The van der Waals surface area contributed by atoms with E-state index in [1.54, 1.807) is 4.90 Å². The lowest BCUT2D eigenvalue weighted by molar-refractivity contribution is -0.873. The Morgan fingerprint density at radius 2 is 0.737 bits per heavy atom. The van der Waals surface area contributed by atoms with Crippen LogP contribution in [0.2, 0.25) is 0 Å². The summed E-state index contributed by atoms with van der Waals surface area (Å²) in [6.07, 6.45) is 35.7. The molecule has 1 unspecified atom stereocenters. The molecule has 0 spiro atoms. The second kappa shape index (κ2) is 37.6. The number of hydrogen-bond acceptors (Lipinski definition) is 0. The molecule has 2 nitrogen and oxygen atoms in total. The second-order valence-electron chi connectivity index (χ2n) is 12.6. The third kappa shape index (κ3) is 46.5. The number of hydrogen-bond donors (Lipinski definition) is 1. The van der Waals surface area contributed by atoms with Crippen molar-refractivity contribution in [1.82, 2.24) is 0 Å². The molecule has 0 saturated heterocycles. The molecule has 1 atom stereocenters. The highest BCUT2D eigenvalue weighted by Gasteiger charge is 1.99. The maximum Gasteiger partial charge on any atom is 0.0953 e. The predicted molar refractivity (Wildman–Crippen MR) is 167 cm³/mol. The molecule has 0 aliphatic rings. The zero-order valence-electron chi connectivity index (χ0n) is 27.4. The topological polar surface area (TPSA) is 4.44 Å². The summed E-state index contributed by atoms with van der Waals surface area (Å²) in [5.41, 5.74) is 0. The summed E-state index contributed by atoms with van der Waals surface area (Å²) in [5.74, 6) is 0. The second-order valence-corrected chi connectivity index (χ2v) is 12.6. The Kier molecular flexibility index (Phi) is 45.1. The quantitative estimate of drug-likeness (QED) is 0.0778. The average molecular weight is 671 g/mol. The first-order chi connectivity index (χ1) is 17.4. The van der Waals surface area contributed by atoms with Crippen LogP contribution in [-0.2, 0) is 0 Å². The Morgan fingerprint density at radius 1 is 0.500 bits per heavy atom. The number of rotatable bonds is 27. The van der Waals surface area contributed by atoms with Crippen molar-refractivity contribution in [2.24, 2.45) is 0 Å². The van der Waals surface area contributed by atoms with E-state index in [0.717, 1.165) is 11.0 Å². The fourth-order valence-electron chi connectivity index (χ4n) is 4.56. The van der Waals surface area contributed by atoms with E-state index in [1.165, 1.54) is 161 Å². The normalized spacial score (nSPS) is 11.6. The standard InChI is InChI=1S/C29H59N.C5H14N.2BrH/c1-4-6-7-8-9-10-11-12-13-14-15-16-17-18-19-20-21-22-23-24-25-26-27-29-30(3)28-5-2;1-5-6(2,3)4;;/h5H,2,4,6-29H2,1,3H3;5H2,1-4H3;2*1H/q;+1;;/p-1. The van der Waals surface area contributed by atoms with Gasteiger partial charge in [-0.3, -0.25) is 0 Å². The van der Waals surface area contributed by atoms with Gasteiger partial charge in [-0.2, -0.15) is 0 Å². The van der Waals surface area contributed by atoms with Crippen molar-refractivity contribution in [1.29, 1.82) is 0 Å². The van der Waals surface area contributed by atoms with Crippen molar-refractivity contribution in [3.8, 4) is 0 Å². The molecule has 0 bridgehead atoms. The Hall–Kier alpha value is 0.620. The third-order valence-corrected chi connectivity index (χ3v) is 7.65. The molecule has 0 aromatic rings. The van der Waals surface area contributed by atoms with Gasteiger partial charge in [-0.25, -0.2) is 0 Å². The number of nitrogens with one attached hydrogen (secondary N) is 1. The first kappa shape index (κ1) is 45.6. The van der Waals surface area contributed by atoms with Crippen LogP contribution in [0.25, 0.3) is 0 Å². The molecule has 0 heterocycles. The van der Waals surface area contributed by atoms with Crippen LogP contribution in [0.5, 0.6) is 0 Å². The molecular weight excluding hydrogens is 596 g/mol. The maximum atomic E-state index is 3.82. The summed E-state index contributed by atoms with van der Waals surface area (Å²) in [6, 6.07) is 0. The van der Waals surface area contributed by atoms with E-state index in [4.69, 9.17) is 0 Å². The minimum Gasteiger partial charge on any atom is -1.00 e. The molecule has 234 valence electrons. The lowest BCUT2D eigenvalue weighted by atomic mass is 10.0. The Morgan fingerprint density at radius 3 is 0.947 bits per heavy atom. The van der Waals surface area contributed by atoms with Gasteiger partial charge in [-0.15, -0.1) is 0 Å². The van der Waals surface area contributed by atoms with Crippen molar-refractivity contribution in [3.63, 3.8) is 0 Å². The van der Waals surface area contributed by atoms with Crippen LogP contribution in [-0.4, -0.2) is 52.3 Å². The molecule has 0 aliphatic heterocycles. The largest absolute Gasteiger partial charge is 1.00 e. The molecular formula is C34H74Br2N2. The lowest BCUT2D eigenvalue weighted by Crippen LogP contribution is -3.08. The van der Waals surface area contributed by atoms with Crippen LogP contribution in [0.4, 0.5) is 0 Å². The van der Waals surface area contributed by atoms with Gasteiger partial charge in [0.2, 0.25) is 0 Å². The number of halogens is 2. The predicted octanol–water partition coefficient (Wildman–Crippen LogP) is 3.40. The summed E-state index contributed by atoms with van der Waals surface area (Å²) >= 11 is 0. The minimum absolute atomic E-state index is 0. The summed E-state index contributed by atoms with van der Waals surface area (Å²) in [5, 5.41) is 0. The van der Waals surface area contributed by atoms with Crippen LogP contribution >= 0.6 is 0 Å². The van der Waals surface area contributed by atoms with Gasteiger partial charge in [0.15, 0.2) is 0 Å². The first-order valence-electron chi connectivity index (χ1n) is 16.6. The highest BCUT2D eigenvalue weighted by Crippen LogP contribution is 2.15. The summed E-state index contributed by atoms with van der Waals surface area (Å²) in [4.78, 5) is 1.61. The van der Waals surface area contributed by atoms with E-state index in [-0.39, 0.29) is 34.0 Å². The molecule has 0 amide bonds. The Bertz CT molecular complexity index is 410. The number of quaternary nitrogens is 2. The highest BCUT2D eigenvalue weighted by molar-refractivity contribution is 4.62. The van der Waals surface area contributed by atoms with E-state index in [0.29, 0.717) is 0 Å². The van der Waals surface area contributed by atoms with Crippen LogP contribution in [0, 0.1) is 0 Å². The summed E-state index contributed by atoms with van der Waals surface area (Å²) in [7, 11) is 8.82. The van der Waals surface area contributed by atoms with E-state index < -0.39 is 0 Å². The monoisotopic (exact) mass is 668 g/mol. The van der Waals surface area contributed by atoms with Crippen molar-refractivity contribution in [2.45, 2.75) is 162 Å². The zero-order valence-corrected chi connectivity index (χ0v) is 30.5.